The van der Waals surface area contributed by atoms with E-state index in [1.807, 2.05) is 7.05 Å². The van der Waals surface area contributed by atoms with Gasteiger partial charge in [0, 0.05) is 35.4 Å². The van der Waals surface area contributed by atoms with E-state index in [0.717, 1.165) is 23.5 Å². The van der Waals surface area contributed by atoms with Gasteiger partial charge in [0.05, 0.1) is 6.54 Å². The zero-order valence-corrected chi connectivity index (χ0v) is 15.8. The second kappa shape index (κ2) is 10.0. The molecule has 0 atom stereocenters. The first-order chi connectivity index (χ1) is 8.17. The van der Waals surface area contributed by atoms with E-state index in [9.17, 15) is 0 Å². The normalized spacial score (nSPS) is 11.0. The number of nitrogens with zero attached hydrogens (tertiary/aromatic N) is 2. The highest BCUT2D eigenvalue weighted by Gasteiger charge is 2.05. The van der Waals surface area contributed by atoms with Crippen LogP contribution in [0.25, 0.3) is 0 Å². The van der Waals surface area contributed by atoms with Gasteiger partial charge in [-0.05, 0) is 28.4 Å². The minimum atomic E-state index is 0. The molecule has 0 amide bonds. The summed E-state index contributed by atoms with van der Waals surface area (Å²) in [5.74, 6) is 0.961. The summed E-state index contributed by atoms with van der Waals surface area (Å²) < 4.78 is 1.15. The van der Waals surface area contributed by atoms with E-state index in [4.69, 9.17) is 0 Å². The van der Waals surface area contributed by atoms with Crippen molar-refractivity contribution in [2.24, 2.45) is 4.99 Å². The molecule has 1 heterocycles. The maximum atomic E-state index is 4.29. The Labute approximate surface area is 139 Å². The van der Waals surface area contributed by atoms with Crippen molar-refractivity contribution in [3.8, 4) is 0 Å². The first-order valence-corrected chi connectivity index (χ1v) is 7.49. The lowest BCUT2D eigenvalue weighted by Gasteiger charge is -2.21. The molecule has 0 unspecified atom stereocenters. The van der Waals surface area contributed by atoms with E-state index < -0.39 is 0 Å². The number of unbranched alkanes of at least 4 members (excludes halogenated alkanes) is 1. The first kappa shape index (κ1) is 18.2. The smallest absolute Gasteiger partial charge is 0.193 e. The third-order valence-corrected chi connectivity index (χ3v) is 4.16. The Hall–Kier alpha value is 0.180. The van der Waals surface area contributed by atoms with Crippen LogP contribution >= 0.6 is 51.2 Å². The third kappa shape index (κ3) is 6.38. The van der Waals surface area contributed by atoms with E-state index in [2.05, 4.69) is 56.6 Å². The molecule has 0 aliphatic heterocycles. The highest BCUT2D eigenvalue weighted by atomic mass is 127. The molecule has 0 aromatic carbocycles. The Balaban J connectivity index is 0.00000289. The summed E-state index contributed by atoms with van der Waals surface area (Å²) in [6, 6.07) is 2.14. The van der Waals surface area contributed by atoms with Gasteiger partial charge in [0.25, 0.3) is 0 Å². The molecule has 1 aromatic rings. The van der Waals surface area contributed by atoms with E-state index in [-0.39, 0.29) is 24.0 Å². The lowest BCUT2D eigenvalue weighted by atomic mass is 10.3. The van der Waals surface area contributed by atoms with Gasteiger partial charge in [-0.15, -0.1) is 35.3 Å². The van der Waals surface area contributed by atoms with Crippen LogP contribution in [0, 0.1) is 0 Å². The van der Waals surface area contributed by atoms with Crippen LogP contribution in [-0.4, -0.2) is 31.5 Å². The molecule has 0 bridgehead atoms. The molecule has 0 saturated heterocycles. The monoisotopic (exact) mass is 445 g/mol. The van der Waals surface area contributed by atoms with Crippen molar-refractivity contribution in [1.29, 1.82) is 0 Å². The Morgan fingerprint density at radius 3 is 2.78 bits per heavy atom. The Morgan fingerprint density at radius 1 is 1.56 bits per heavy atom. The molecule has 6 heteroatoms. The van der Waals surface area contributed by atoms with Crippen LogP contribution in [0.5, 0.6) is 0 Å². The molecule has 1 N–H and O–H groups in total. The van der Waals surface area contributed by atoms with Gasteiger partial charge in [0.2, 0.25) is 0 Å². The second-order valence-electron chi connectivity index (χ2n) is 3.91. The van der Waals surface area contributed by atoms with Crippen LogP contribution in [0.2, 0.25) is 0 Å². The Morgan fingerprint density at radius 2 is 2.28 bits per heavy atom. The van der Waals surface area contributed by atoms with Crippen molar-refractivity contribution in [2.45, 2.75) is 26.3 Å². The quantitative estimate of drug-likeness (QED) is 0.422. The van der Waals surface area contributed by atoms with Crippen molar-refractivity contribution in [3.05, 3.63) is 20.8 Å². The van der Waals surface area contributed by atoms with Gasteiger partial charge in [0.15, 0.2) is 5.96 Å². The molecule has 104 valence electrons. The maximum Gasteiger partial charge on any atom is 0.193 e. The number of hydrogen-bond donors (Lipinski definition) is 1. The fourth-order valence-corrected chi connectivity index (χ4v) is 2.89. The van der Waals surface area contributed by atoms with Crippen molar-refractivity contribution in [2.75, 3.05) is 20.6 Å². The molecular formula is C12H21BrIN3S. The van der Waals surface area contributed by atoms with Gasteiger partial charge in [0.1, 0.15) is 0 Å². The van der Waals surface area contributed by atoms with E-state index in [1.54, 1.807) is 11.3 Å². The molecule has 0 radical (unpaired) electrons. The first-order valence-electron chi connectivity index (χ1n) is 5.82. The number of nitrogens with one attached hydrogen (secondary N) is 1. The molecule has 0 aliphatic rings. The van der Waals surface area contributed by atoms with E-state index in [1.165, 1.54) is 17.7 Å². The average molecular weight is 446 g/mol. The number of aliphatic imine (C=N–C) groups is 1. The maximum absolute atomic E-state index is 4.29. The molecule has 18 heavy (non-hydrogen) atoms. The van der Waals surface area contributed by atoms with Crippen molar-refractivity contribution >= 4 is 57.2 Å². The minimum absolute atomic E-state index is 0. The van der Waals surface area contributed by atoms with Crippen molar-refractivity contribution in [3.63, 3.8) is 0 Å². The van der Waals surface area contributed by atoms with Crippen LogP contribution in [0.1, 0.15) is 24.6 Å². The van der Waals surface area contributed by atoms with Gasteiger partial charge in [-0.25, -0.2) is 0 Å². The molecule has 3 nitrogen and oxygen atoms in total. The molecule has 0 aliphatic carbocycles. The van der Waals surface area contributed by atoms with Crippen LogP contribution < -0.4 is 5.32 Å². The van der Waals surface area contributed by atoms with Gasteiger partial charge in [-0.3, -0.25) is 4.99 Å². The summed E-state index contributed by atoms with van der Waals surface area (Å²) >= 11 is 5.21. The predicted octanol–water partition coefficient (Wildman–Crippen LogP) is 3.94. The molecular weight excluding hydrogens is 425 g/mol. The SMILES string of the molecule is CCCCN(C)C(=NC)NCc1cc(Br)cs1.I. The highest BCUT2D eigenvalue weighted by molar-refractivity contribution is 14.0. The number of guanidine groups is 1. The lowest BCUT2D eigenvalue weighted by molar-refractivity contribution is 0.465. The predicted molar refractivity (Wildman–Crippen MR) is 95.2 cm³/mol. The Kier molecular flexibility index (Phi) is 10.1. The van der Waals surface area contributed by atoms with Crippen LogP contribution in [-0.2, 0) is 6.54 Å². The summed E-state index contributed by atoms with van der Waals surface area (Å²) in [6.45, 7) is 4.08. The molecule has 0 fully saturated rings. The lowest BCUT2D eigenvalue weighted by Crippen LogP contribution is -2.38. The fraction of sp³-hybridized carbons (Fsp3) is 0.583. The minimum Gasteiger partial charge on any atom is -0.351 e. The van der Waals surface area contributed by atoms with E-state index >= 15 is 0 Å². The molecule has 0 spiro atoms. The van der Waals surface area contributed by atoms with Crippen LogP contribution in [0.4, 0.5) is 0 Å². The van der Waals surface area contributed by atoms with Crippen molar-refractivity contribution < 1.29 is 0 Å². The number of hydrogen-bond acceptors (Lipinski definition) is 2. The van der Waals surface area contributed by atoms with Gasteiger partial charge >= 0.3 is 0 Å². The van der Waals surface area contributed by atoms with Gasteiger partial charge in [-0.2, -0.15) is 0 Å². The molecule has 1 aromatic heterocycles. The summed E-state index contributed by atoms with van der Waals surface area (Å²) in [5, 5.41) is 5.47. The molecule has 0 saturated carbocycles. The highest BCUT2D eigenvalue weighted by Crippen LogP contribution is 2.19. The molecule has 1 rings (SSSR count). The number of halogens is 2. The van der Waals surface area contributed by atoms with Crippen LogP contribution in [0.15, 0.2) is 20.9 Å². The van der Waals surface area contributed by atoms with Gasteiger partial charge in [-0.1, -0.05) is 13.3 Å². The summed E-state index contributed by atoms with van der Waals surface area (Å²) in [4.78, 5) is 7.77. The average Bonchev–Trinajstić information content (AvgIpc) is 2.73. The zero-order chi connectivity index (χ0) is 12.7. The summed E-state index contributed by atoms with van der Waals surface area (Å²) in [7, 11) is 3.91. The van der Waals surface area contributed by atoms with Crippen molar-refractivity contribution in [1.82, 2.24) is 10.2 Å². The van der Waals surface area contributed by atoms with Gasteiger partial charge < -0.3 is 10.2 Å². The second-order valence-corrected chi connectivity index (χ2v) is 5.82. The fourth-order valence-electron chi connectivity index (χ4n) is 1.50. The summed E-state index contributed by atoms with van der Waals surface area (Å²) in [5.41, 5.74) is 0. The number of thiophene rings is 1. The standard InChI is InChI=1S/C12H20BrN3S.HI/c1-4-5-6-16(3)12(14-2)15-8-11-7-10(13)9-17-11;/h7,9H,4-6,8H2,1-3H3,(H,14,15);1H. The Bertz CT molecular complexity index is 368. The summed E-state index contributed by atoms with van der Waals surface area (Å²) in [6.07, 6.45) is 2.40. The van der Waals surface area contributed by atoms with Crippen LogP contribution in [0.3, 0.4) is 0 Å². The number of rotatable bonds is 5. The topological polar surface area (TPSA) is 27.6 Å². The largest absolute Gasteiger partial charge is 0.351 e. The van der Waals surface area contributed by atoms with E-state index in [0.29, 0.717) is 0 Å². The zero-order valence-electron chi connectivity index (χ0n) is 11.1. The third-order valence-electron chi connectivity index (χ3n) is 2.46.